The quantitative estimate of drug-likeness (QED) is 0.473. The SMILES string of the molecule is COC(=O)c1cc(NC(=O)CCN2C(=O)[C@H]3CC=CC[C@H]3C2=O)ccc1Cl. The third kappa shape index (κ3) is 3.88. The standard InChI is InChI=1S/C19H19ClN2O5/c1-27-19(26)14-10-11(6-7-15(14)20)21-16(23)8-9-22-17(24)12-4-2-3-5-13(12)18(22)25/h2-3,6-7,10,12-13H,4-5,8-9H2,1H3,(H,21,23)/t12-,13+. The van der Waals surface area contributed by atoms with E-state index in [0.29, 0.717) is 18.5 Å². The highest BCUT2D eigenvalue weighted by Gasteiger charge is 2.46. The van der Waals surface area contributed by atoms with Gasteiger partial charge >= 0.3 is 5.97 Å². The lowest BCUT2D eigenvalue weighted by Crippen LogP contribution is -2.34. The third-order valence-corrected chi connectivity index (χ3v) is 5.15. The van der Waals surface area contributed by atoms with Crippen molar-refractivity contribution in [2.45, 2.75) is 19.3 Å². The summed E-state index contributed by atoms with van der Waals surface area (Å²) in [7, 11) is 1.24. The first-order chi connectivity index (χ1) is 12.9. The predicted molar refractivity (Wildman–Crippen MR) is 98.1 cm³/mol. The van der Waals surface area contributed by atoms with E-state index in [9.17, 15) is 19.2 Å². The molecule has 1 fully saturated rings. The highest BCUT2D eigenvalue weighted by atomic mass is 35.5. The molecule has 1 N–H and O–H groups in total. The second-order valence-corrected chi connectivity index (χ2v) is 6.88. The summed E-state index contributed by atoms with van der Waals surface area (Å²) in [5.74, 6) is -2.00. The number of carbonyl (C=O) groups excluding carboxylic acids is 4. The van der Waals surface area contributed by atoms with Crippen LogP contribution in [0.5, 0.6) is 0 Å². The van der Waals surface area contributed by atoms with Crippen molar-refractivity contribution in [2.75, 3.05) is 19.0 Å². The van der Waals surface area contributed by atoms with E-state index in [1.807, 2.05) is 12.2 Å². The van der Waals surface area contributed by atoms with Crippen molar-refractivity contribution in [2.24, 2.45) is 11.8 Å². The van der Waals surface area contributed by atoms with E-state index in [-0.39, 0.29) is 53.1 Å². The van der Waals surface area contributed by atoms with Crippen LogP contribution in [0.25, 0.3) is 0 Å². The first-order valence-electron chi connectivity index (χ1n) is 8.60. The van der Waals surface area contributed by atoms with E-state index in [1.54, 1.807) is 6.07 Å². The van der Waals surface area contributed by atoms with Crippen molar-refractivity contribution in [3.05, 3.63) is 40.9 Å². The molecule has 0 unspecified atom stereocenters. The van der Waals surface area contributed by atoms with Crippen LogP contribution in [0.4, 0.5) is 5.69 Å². The lowest BCUT2D eigenvalue weighted by Gasteiger charge is -2.14. The van der Waals surface area contributed by atoms with Crippen molar-refractivity contribution >= 4 is 41.0 Å². The number of carbonyl (C=O) groups is 4. The number of esters is 1. The van der Waals surface area contributed by atoms with Gasteiger partial charge in [0.2, 0.25) is 17.7 Å². The van der Waals surface area contributed by atoms with Gasteiger partial charge in [0.15, 0.2) is 0 Å². The Labute approximate surface area is 161 Å². The number of rotatable bonds is 5. The van der Waals surface area contributed by atoms with Crippen LogP contribution in [0, 0.1) is 11.8 Å². The molecule has 3 rings (SSSR count). The van der Waals surface area contributed by atoms with Crippen LogP contribution < -0.4 is 5.32 Å². The van der Waals surface area contributed by atoms with Crippen LogP contribution in [0.1, 0.15) is 29.6 Å². The van der Waals surface area contributed by atoms with Crippen molar-refractivity contribution in [1.82, 2.24) is 4.90 Å². The molecule has 0 spiro atoms. The fourth-order valence-corrected chi connectivity index (χ4v) is 3.59. The summed E-state index contributed by atoms with van der Waals surface area (Å²) in [5.41, 5.74) is 0.514. The van der Waals surface area contributed by atoms with Crippen LogP contribution >= 0.6 is 11.6 Å². The van der Waals surface area contributed by atoms with E-state index in [2.05, 4.69) is 10.1 Å². The maximum Gasteiger partial charge on any atom is 0.339 e. The van der Waals surface area contributed by atoms with Gasteiger partial charge in [0.1, 0.15) is 0 Å². The predicted octanol–water partition coefficient (Wildman–Crippen LogP) is 2.41. The minimum Gasteiger partial charge on any atom is -0.465 e. The summed E-state index contributed by atoms with van der Waals surface area (Å²) in [6.45, 7) is 0.0357. The van der Waals surface area contributed by atoms with Gasteiger partial charge in [-0.3, -0.25) is 19.3 Å². The van der Waals surface area contributed by atoms with E-state index in [0.717, 1.165) is 0 Å². The molecule has 1 aliphatic carbocycles. The summed E-state index contributed by atoms with van der Waals surface area (Å²) in [6.07, 6.45) is 4.95. The zero-order valence-corrected chi connectivity index (χ0v) is 15.5. The molecular formula is C19H19ClN2O5. The molecule has 142 valence electrons. The van der Waals surface area contributed by atoms with Crippen molar-refractivity contribution in [3.8, 4) is 0 Å². The largest absolute Gasteiger partial charge is 0.465 e. The Morgan fingerprint density at radius 3 is 2.41 bits per heavy atom. The number of ether oxygens (including phenoxy) is 1. The Bertz CT molecular complexity index is 809. The number of benzene rings is 1. The molecule has 0 bridgehead atoms. The number of imide groups is 1. The minimum atomic E-state index is -0.611. The molecule has 1 aliphatic heterocycles. The molecule has 3 amide bonds. The van der Waals surface area contributed by atoms with Crippen LogP contribution in [0.2, 0.25) is 5.02 Å². The number of methoxy groups -OCH3 is 1. The summed E-state index contributed by atoms with van der Waals surface area (Å²) in [4.78, 5) is 49.8. The lowest BCUT2D eigenvalue weighted by atomic mass is 9.85. The van der Waals surface area contributed by atoms with Crippen LogP contribution in [-0.2, 0) is 19.1 Å². The molecule has 7 nitrogen and oxygen atoms in total. The van der Waals surface area contributed by atoms with Crippen molar-refractivity contribution < 1.29 is 23.9 Å². The summed E-state index contributed by atoms with van der Waals surface area (Å²) in [5, 5.41) is 2.85. The smallest absolute Gasteiger partial charge is 0.339 e. The molecule has 1 saturated heterocycles. The van der Waals surface area contributed by atoms with Crippen molar-refractivity contribution in [1.29, 1.82) is 0 Å². The molecule has 1 aromatic rings. The van der Waals surface area contributed by atoms with Gasteiger partial charge in [0.05, 0.1) is 29.5 Å². The zero-order valence-electron chi connectivity index (χ0n) is 14.7. The number of nitrogens with zero attached hydrogens (tertiary/aromatic N) is 1. The Balaban J connectivity index is 1.60. The summed E-state index contributed by atoms with van der Waals surface area (Å²) in [6, 6.07) is 4.45. The van der Waals surface area contributed by atoms with E-state index >= 15 is 0 Å². The summed E-state index contributed by atoms with van der Waals surface area (Å²) < 4.78 is 4.64. The van der Waals surface area contributed by atoms with Crippen LogP contribution in [-0.4, -0.2) is 42.2 Å². The molecular weight excluding hydrogens is 372 g/mol. The maximum atomic E-state index is 12.4. The van der Waals surface area contributed by atoms with E-state index < -0.39 is 5.97 Å². The Kier molecular flexibility index (Phi) is 5.60. The number of likely N-dealkylation sites (tertiary alicyclic amines) is 1. The number of anilines is 1. The first-order valence-corrected chi connectivity index (χ1v) is 8.98. The first kappa shape index (κ1) is 19.1. The Hall–Kier alpha value is -2.67. The average molecular weight is 391 g/mol. The third-order valence-electron chi connectivity index (χ3n) is 4.82. The number of amides is 3. The van der Waals surface area contributed by atoms with Gasteiger partial charge in [-0.2, -0.15) is 0 Å². The molecule has 0 aromatic heterocycles. The number of hydrogen-bond acceptors (Lipinski definition) is 5. The maximum absolute atomic E-state index is 12.4. The zero-order chi connectivity index (χ0) is 19.6. The van der Waals surface area contributed by atoms with Crippen molar-refractivity contribution in [3.63, 3.8) is 0 Å². The molecule has 8 heteroatoms. The Morgan fingerprint density at radius 1 is 1.19 bits per heavy atom. The number of allylic oxidation sites excluding steroid dienone is 2. The molecule has 0 radical (unpaired) electrons. The molecule has 2 aliphatic rings. The number of halogens is 1. The topological polar surface area (TPSA) is 92.8 Å². The van der Waals surface area contributed by atoms with E-state index in [4.69, 9.17) is 11.6 Å². The Morgan fingerprint density at radius 2 is 1.81 bits per heavy atom. The number of nitrogens with one attached hydrogen (secondary N) is 1. The minimum absolute atomic E-state index is 0.0272. The van der Waals surface area contributed by atoms with Gasteiger partial charge in [-0.05, 0) is 31.0 Å². The molecule has 27 heavy (non-hydrogen) atoms. The molecule has 0 saturated carbocycles. The second kappa shape index (κ2) is 7.92. The van der Waals surface area contributed by atoms with Gasteiger partial charge in [-0.25, -0.2) is 4.79 Å². The van der Waals surface area contributed by atoms with Crippen LogP contribution in [0.3, 0.4) is 0 Å². The van der Waals surface area contributed by atoms with Gasteiger partial charge in [-0.15, -0.1) is 0 Å². The normalized spacial score (nSPS) is 21.2. The second-order valence-electron chi connectivity index (χ2n) is 6.47. The molecule has 1 heterocycles. The fourth-order valence-electron chi connectivity index (χ4n) is 3.40. The monoisotopic (exact) mass is 390 g/mol. The van der Waals surface area contributed by atoms with Gasteiger partial charge in [0, 0.05) is 18.7 Å². The molecule has 2 atom stereocenters. The van der Waals surface area contributed by atoms with Crippen LogP contribution in [0.15, 0.2) is 30.4 Å². The van der Waals surface area contributed by atoms with Gasteiger partial charge in [0.25, 0.3) is 0 Å². The molecule has 1 aromatic carbocycles. The van der Waals surface area contributed by atoms with Gasteiger partial charge < -0.3 is 10.1 Å². The average Bonchev–Trinajstić information content (AvgIpc) is 2.92. The van der Waals surface area contributed by atoms with Gasteiger partial charge in [-0.1, -0.05) is 23.8 Å². The highest BCUT2D eigenvalue weighted by molar-refractivity contribution is 6.33. The lowest BCUT2D eigenvalue weighted by molar-refractivity contribution is -0.140. The number of fused-ring (bicyclic) bond motifs is 1. The fraction of sp³-hybridized carbons (Fsp3) is 0.368. The highest BCUT2D eigenvalue weighted by Crippen LogP contribution is 2.35. The number of hydrogen-bond donors (Lipinski definition) is 1. The summed E-state index contributed by atoms with van der Waals surface area (Å²) >= 11 is 5.95. The van der Waals surface area contributed by atoms with E-state index in [1.165, 1.54) is 24.1 Å².